The molecular formula is C11H17NO2. The average Bonchev–Trinajstić information content (AvgIpc) is 2.15. The zero-order chi connectivity index (χ0) is 10.7. The number of hydrogen-bond donors (Lipinski definition) is 3. The zero-order valence-electron chi connectivity index (χ0n) is 8.51. The van der Waals surface area contributed by atoms with Crippen LogP contribution in [-0.4, -0.2) is 16.3 Å². The van der Waals surface area contributed by atoms with Gasteiger partial charge < -0.3 is 15.9 Å². The Morgan fingerprint density at radius 1 is 1.29 bits per heavy atom. The molecule has 3 nitrogen and oxygen atoms in total. The molecule has 1 aromatic carbocycles. The SMILES string of the molecule is CC(C)C(N)C(O)c1cccc(O)c1. The van der Waals surface area contributed by atoms with Crippen molar-refractivity contribution in [3.8, 4) is 5.75 Å². The van der Waals surface area contributed by atoms with Gasteiger partial charge in [-0.2, -0.15) is 0 Å². The summed E-state index contributed by atoms with van der Waals surface area (Å²) < 4.78 is 0. The van der Waals surface area contributed by atoms with Gasteiger partial charge >= 0.3 is 0 Å². The van der Waals surface area contributed by atoms with Gasteiger partial charge in [-0.15, -0.1) is 0 Å². The molecule has 0 aliphatic heterocycles. The largest absolute Gasteiger partial charge is 0.508 e. The Bertz CT molecular complexity index is 299. The number of phenols is 1. The Kier molecular flexibility index (Phi) is 3.49. The lowest BCUT2D eigenvalue weighted by molar-refractivity contribution is 0.125. The van der Waals surface area contributed by atoms with Gasteiger partial charge in [0, 0.05) is 6.04 Å². The van der Waals surface area contributed by atoms with Crippen LogP contribution in [-0.2, 0) is 0 Å². The van der Waals surface area contributed by atoms with Crippen molar-refractivity contribution in [2.24, 2.45) is 11.7 Å². The fraction of sp³-hybridized carbons (Fsp3) is 0.455. The van der Waals surface area contributed by atoms with E-state index in [2.05, 4.69) is 0 Å². The summed E-state index contributed by atoms with van der Waals surface area (Å²) in [5.41, 5.74) is 6.47. The minimum atomic E-state index is -0.720. The van der Waals surface area contributed by atoms with Gasteiger partial charge in [-0.1, -0.05) is 26.0 Å². The van der Waals surface area contributed by atoms with Crippen LogP contribution < -0.4 is 5.73 Å². The standard InChI is InChI=1S/C11H17NO2/c1-7(2)10(12)11(14)8-4-3-5-9(13)6-8/h3-7,10-11,13-14H,12H2,1-2H3. The molecule has 0 spiro atoms. The van der Waals surface area contributed by atoms with E-state index >= 15 is 0 Å². The van der Waals surface area contributed by atoms with Gasteiger partial charge in [0.2, 0.25) is 0 Å². The third-order valence-electron chi connectivity index (χ3n) is 2.35. The normalized spacial score (nSPS) is 15.5. The highest BCUT2D eigenvalue weighted by atomic mass is 16.3. The Morgan fingerprint density at radius 2 is 1.93 bits per heavy atom. The Morgan fingerprint density at radius 3 is 2.43 bits per heavy atom. The molecule has 2 unspecified atom stereocenters. The van der Waals surface area contributed by atoms with Crippen molar-refractivity contribution in [2.45, 2.75) is 26.0 Å². The third-order valence-corrected chi connectivity index (χ3v) is 2.35. The molecule has 4 N–H and O–H groups in total. The van der Waals surface area contributed by atoms with Crippen molar-refractivity contribution in [1.82, 2.24) is 0 Å². The lowest BCUT2D eigenvalue weighted by Crippen LogP contribution is -2.33. The van der Waals surface area contributed by atoms with Crippen LogP contribution in [0.1, 0.15) is 25.5 Å². The zero-order valence-corrected chi connectivity index (χ0v) is 8.51. The van der Waals surface area contributed by atoms with Crippen LogP contribution >= 0.6 is 0 Å². The molecule has 0 amide bonds. The first-order chi connectivity index (χ1) is 6.52. The summed E-state index contributed by atoms with van der Waals surface area (Å²) in [6.07, 6.45) is -0.720. The number of rotatable bonds is 3. The van der Waals surface area contributed by atoms with Crippen molar-refractivity contribution in [3.05, 3.63) is 29.8 Å². The highest BCUT2D eigenvalue weighted by Gasteiger charge is 2.19. The first-order valence-electron chi connectivity index (χ1n) is 4.75. The molecule has 14 heavy (non-hydrogen) atoms. The molecule has 2 atom stereocenters. The van der Waals surface area contributed by atoms with E-state index in [0.717, 1.165) is 0 Å². The molecule has 0 saturated heterocycles. The highest BCUT2D eigenvalue weighted by Crippen LogP contribution is 2.22. The molecule has 0 saturated carbocycles. The summed E-state index contributed by atoms with van der Waals surface area (Å²) in [6, 6.07) is 6.24. The number of aromatic hydroxyl groups is 1. The summed E-state index contributed by atoms with van der Waals surface area (Å²) in [7, 11) is 0. The smallest absolute Gasteiger partial charge is 0.115 e. The molecule has 0 fully saturated rings. The molecule has 1 aromatic rings. The quantitative estimate of drug-likeness (QED) is 0.683. The summed E-state index contributed by atoms with van der Waals surface area (Å²) in [4.78, 5) is 0. The molecule has 0 radical (unpaired) electrons. The molecule has 1 rings (SSSR count). The Hall–Kier alpha value is -1.06. The van der Waals surface area contributed by atoms with Crippen LogP contribution in [0.25, 0.3) is 0 Å². The molecule has 0 aliphatic carbocycles. The van der Waals surface area contributed by atoms with Crippen LogP contribution in [0.3, 0.4) is 0 Å². The summed E-state index contributed by atoms with van der Waals surface area (Å²) >= 11 is 0. The number of aliphatic hydroxyl groups excluding tert-OH is 1. The third kappa shape index (κ3) is 2.47. The van der Waals surface area contributed by atoms with Crippen molar-refractivity contribution in [2.75, 3.05) is 0 Å². The van der Waals surface area contributed by atoms with Crippen LogP contribution in [0, 0.1) is 5.92 Å². The Labute approximate surface area is 84.2 Å². The molecule has 3 heteroatoms. The van der Waals surface area contributed by atoms with Gasteiger partial charge in [-0.25, -0.2) is 0 Å². The van der Waals surface area contributed by atoms with Crippen molar-refractivity contribution >= 4 is 0 Å². The number of phenolic OH excluding ortho intramolecular Hbond substituents is 1. The van der Waals surface area contributed by atoms with E-state index < -0.39 is 6.10 Å². The average molecular weight is 195 g/mol. The second-order valence-electron chi connectivity index (χ2n) is 3.86. The minimum Gasteiger partial charge on any atom is -0.508 e. The van der Waals surface area contributed by atoms with Gasteiger partial charge in [0.1, 0.15) is 5.75 Å². The van der Waals surface area contributed by atoms with Gasteiger partial charge in [0.15, 0.2) is 0 Å². The maximum atomic E-state index is 9.85. The summed E-state index contributed by atoms with van der Waals surface area (Å²) in [6.45, 7) is 3.91. The number of hydrogen-bond acceptors (Lipinski definition) is 3. The highest BCUT2D eigenvalue weighted by molar-refractivity contribution is 5.29. The van der Waals surface area contributed by atoms with Crippen LogP contribution in [0.2, 0.25) is 0 Å². The van der Waals surface area contributed by atoms with Crippen molar-refractivity contribution in [1.29, 1.82) is 0 Å². The fourth-order valence-corrected chi connectivity index (χ4v) is 1.30. The monoisotopic (exact) mass is 195 g/mol. The predicted molar refractivity (Wildman–Crippen MR) is 55.9 cm³/mol. The lowest BCUT2D eigenvalue weighted by Gasteiger charge is -2.22. The van der Waals surface area contributed by atoms with E-state index in [1.54, 1.807) is 18.2 Å². The predicted octanol–water partition coefficient (Wildman–Crippen LogP) is 1.41. The second-order valence-corrected chi connectivity index (χ2v) is 3.86. The molecule has 78 valence electrons. The van der Waals surface area contributed by atoms with Crippen molar-refractivity contribution < 1.29 is 10.2 Å². The lowest BCUT2D eigenvalue weighted by atomic mass is 9.94. The summed E-state index contributed by atoms with van der Waals surface area (Å²) in [5, 5.41) is 19.1. The van der Waals surface area contributed by atoms with Crippen LogP contribution in [0.5, 0.6) is 5.75 Å². The molecule has 0 aliphatic rings. The molecular weight excluding hydrogens is 178 g/mol. The molecule has 0 aromatic heterocycles. The summed E-state index contributed by atoms with van der Waals surface area (Å²) in [5.74, 6) is 0.352. The maximum absolute atomic E-state index is 9.85. The van der Waals surface area contributed by atoms with Crippen molar-refractivity contribution in [3.63, 3.8) is 0 Å². The van der Waals surface area contributed by atoms with Gasteiger partial charge in [0.25, 0.3) is 0 Å². The van der Waals surface area contributed by atoms with Gasteiger partial charge in [-0.3, -0.25) is 0 Å². The Balaban J connectivity index is 2.83. The second kappa shape index (κ2) is 4.44. The number of benzene rings is 1. The molecule has 0 heterocycles. The van der Waals surface area contributed by atoms with E-state index in [4.69, 9.17) is 5.73 Å². The van der Waals surface area contributed by atoms with E-state index in [0.29, 0.717) is 5.56 Å². The minimum absolute atomic E-state index is 0.150. The number of nitrogens with two attached hydrogens (primary N) is 1. The van der Waals surface area contributed by atoms with Crippen LogP contribution in [0.15, 0.2) is 24.3 Å². The van der Waals surface area contributed by atoms with E-state index in [1.165, 1.54) is 6.07 Å². The van der Waals surface area contributed by atoms with Gasteiger partial charge in [0.05, 0.1) is 6.10 Å². The molecule has 0 bridgehead atoms. The van der Waals surface area contributed by atoms with Gasteiger partial charge in [-0.05, 0) is 23.6 Å². The number of aliphatic hydroxyl groups is 1. The first-order valence-corrected chi connectivity index (χ1v) is 4.75. The van der Waals surface area contributed by atoms with Crippen LogP contribution in [0.4, 0.5) is 0 Å². The van der Waals surface area contributed by atoms with E-state index in [9.17, 15) is 10.2 Å². The van der Waals surface area contributed by atoms with E-state index in [1.807, 2.05) is 13.8 Å². The first kappa shape index (κ1) is 11.0. The fourth-order valence-electron chi connectivity index (χ4n) is 1.30. The topological polar surface area (TPSA) is 66.5 Å². The maximum Gasteiger partial charge on any atom is 0.115 e. The van der Waals surface area contributed by atoms with E-state index in [-0.39, 0.29) is 17.7 Å².